The van der Waals surface area contributed by atoms with E-state index in [0.29, 0.717) is 13.1 Å². The summed E-state index contributed by atoms with van der Waals surface area (Å²) in [5, 5.41) is 0. The quantitative estimate of drug-likeness (QED) is 0.679. The molecule has 0 aromatic heterocycles. The molecule has 1 aliphatic heterocycles. The molecule has 5 heteroatoms. The van der Waals surface area contributed by atoms with Gasteiger partial charge in [-0.15, -0.1) is 0 Å². The second kappa shape index (κ2) is 4.70. The van der Waals surface area contributed by atoms with E-state index in [1.54, 1.807) is 6.92 Å². The SMILES string of the molecule is CC1CN(C(C)C)CCC(C(F)(F)F)O1. The molecular weight excluding hydrogens is 207 g/mol. The molecule has 0 spiro atoms. The molecule has 2 nitrogen and oxygen atoms in total. The first-order valence-electron chi connectivity index (χ1n) is 5.27. The maximum Gasteiger partial charge on any atom is 0.414 e. The van der Waals surface area contributed by atoms with E-state index in [1.807, 2.05) is 18.7 Å². The highest BCUT2D eigenvalue weighted by Gasteiger charge is 2.42. The van der Waals surface area contributed by atoms with Crippen molar-refractivity contribution in [2.75, 3.05) is 13.1 Å². The predicted octanol–water partition coefficient (Wildman–Crippen LogP) is 2.44. The zero-order valence-corrected chi connectivity index (χ0v) is 9.34. The van der Waals surface area contributed by atoms with E-state index in [-0.39, 0.29) is 18.6 Å². The van der Waals surface area contributed by atoms with Gasteiger partial charge in [-0.2, -0.15) is 13.2 Å². The van der Waals surface area contributed by atoms with Gasteiger partial charge >= 0.3 is 6.18 Å². The van der Waals surface area contributed by atoms with Crippen molar-refractivity contribution in [2.45, 2.75) is 51.6 Å². The van der Waals surface area contributed by atoms with Crippen LogP contribution in [0.2, 0.25) is 0 Å². The summed E-state index contributed by atoms with van der Waals surface area (Å²) in [5.41, 5.74) is 0. The number of rotatable bonds is 1. The summed E-state index contributed by atoms with van der Waals surface area (Å²) < 4.78 is 42.4. The van der Waals surface area contributed by atoms with Gasteiger partial charge in [0, 0.05) is 19.1 Å². The topological polar surface area (TPSA) is 12.5 Å². The zero-order valence-electron chi connectivity index (χ0n) is 9.34. The first kappa shape index (κ1) is 12.8. The minimum Gasteiger partial charge on any atom is -0.364 e. The van der Waals surface area contributed by atoms with Crippen LogP contribution in [0.3, 0.4) is 0 Å². The number of nitrogens with zero attached hydrogens (tertiary/aromatic N) is 1. The van der Waals surface area contributed by atoms with Gasteiger partial charge in [0.1, 0.15) is 0 Å². The Kier molecular flexibility index (Phi) is 4.00. The Morgan fingerprint density at radius 2 is 1.93 bits per heavy atom. The zero-order chi connectivity index (χ0) is 11.6. The van der Waals surface area contributed by atoms with Crippen LogP contribution in [0.5, 0.6) is 0 Å². The maximum atomic E-state index is 12.5. The van der Waals surface area contributed by atoms with E-state index in [9.17, 15) is 13.2 Å². The van der Waals surface area contributed by atoms with Crippen molar-refractivity contribution < 1.29 is 17.9 Å². The molecule has 90 valence electrons. The van der Waals surface area contributed by atoms with Crippen molar-refractivity contribution >= 4 is 0 Å². The second-order valence-electron chi connectivity index (χ2n) is 4.35. The molecule has 0 saturated carbocycles. The van der Waals surface area contributed by atoms with Crippen LogP contribution in [0, 0.1) is 0 Å². The number of halogens is 3. The lowest BCUT2D eigenvalue weighted by molar-refractivity contribution is -0.228. The molecule has 1 heterocycles. The fourth-order valence-corrected chi connectivity index (χ4v) is 1.81. The van der Waals surface area contributed by atoms with Gasteiger partial charge in [-0.25, -0.2) is 0 Å². The normalized spacial score (nSPS) is 30.6. The third-order valence-corrected chi connectivity index (χ3v) is 2.66. The van der Waals surface area contributed by atoms with Crippen molar-refractivity contribution in [3.63, 3.8) is 0 Å². The Hall–Kier alpha value is -0.290. The maximum absolute atomic E-state index is 12.5. The van der Waals surface area contributed by atoms with Crippen LogP contribution in [0.4, 0.5) is 13.2 Å². The molecule has 1 aliphatic rings. The smallest absolute Gasteiger partial charge is 0.364 e. The fourth-order valence-electron chi connectivity index (χ4n) is 1.81. The van der Waals surface area contributed by atoms with E-state index in [0.717, 1.165) is 0 Å². The number of hydrogen-bond donors (Lipinski definition) is 0. The Morgan fingerprint density at radius 1 is 1.33 bits per heavy atom. The van der Waals surface area contributed by atoms with Gasteiger partial charge in [0.2, 0.25) is 0 Å². The third kappa shape index (κ3) is 3.65. The average Bonchev–Trinajstić information content (AvgIpc) is 2.25. The summed E-state index contributed by atoms with van der Waals surface area (Å²) in [6.45, 7) is 6.69. The van der Waals surface area contributed by atoms with Crippen LogP contribution in [0.25, 0.3) is 0 Å². The van der Waals surface area contributed by atoms with E-state index in [1.165, 1.54) is 0 Å². The van der Waals surface area contributed by atoms with Gasteiger partial charge in [0.25, 0.3) is 0 Å². The summed E-state index contributed by atoms with van der Waals surface area (Å²) in [4.78, 5) is 2.02. The average molecular weight is 225 g/mol. The molecule has 15 heavy (non-hydrogen) atoms. The summed E-state index contributed by atoms with van der Waals surface area (Å²) in [6, 6.07) is 0.267. The lowest BCUT2D eigenvalue weighted by Gasteiger charge is -2.25. The van der Waals surface area contributed by atoms with Crippen molar-refractivity contribution in [2.24, 2.45) is 0 Å². The van der Waals surface area contributed by atoms with E-state index >= 15 is 0 Å². The lowest BCUT2D eigenvalue weighted by Crippen LogP contribution is -2.35. The summed E-state index contributed by atoms with van der Waals surface area (Å²) in [6.07, 6.45) is -6.16. The van der Waals surface area contributed by atoms with Crippen molar-refractivity contribution in [3.8, 4) is 0 Å². The third-order valence-electron chi connectivity index (χ3n) is 2.66. The van der Waals surface area contributed by atoms with E-state index < -0.39 is 12.3 Å². The highest BCUT2D eigenvalue weighted by atomic mass is 19.4. The summed E-state index contributed by atoms with van der Waals surface area (Å²) in [5.74, 6) is 0. The molecule has 0 aliphatic carbocycles. The molecule has 0 amide bonds. The van der Waals surface area contributed by atoms with Gasteiger partial charge < -0.3 is 4.74 Å². The Balaban J connectivity index is 2.62. The van der Waals surface area contributed by atoms with Crippen molar-refractivity contribution in [1.29, 1.82) is 0 Å². The molecule has 2 atom stereocenters. The van der Waals surface area contributed by atoms with Crippen molar-refractivity contribution in [1.82, 2.24) is 4.90 Å². The minimum absolute atomic E-state index is 0.0337. The molecule has 0 aromatic rings. The van der Waals surface area contributed by atoms with Crippen LogP contribution in [-0.4, -0.2) is 42.4 Å². The summed E-state index contributed by atoms with van der Waals surface area (Å²) in [7, 11) is 0. The number of ether oxygens (including phenoxy) is 1. The van der Waals surface area contributed by atoms with Gasteiger partial charge in [0.15, 0.2) is 6.10 Å². The van der Waals surface area contributed by atoms with Gasteiger partial charge in [0.05, 0.1) is 6.10 Å². The number of alkyl halides is 3. The Morgan fingerprint density at radius 3 is 2.40 bits per heavy atom. The molecular formula is C10H18F3NO. The molecule has 0 bridgehead atoms. The highest BCUT2D eigenvalue weighted by molar-refractivity contribution is 4.78. The Labute approximate surface area is 88.4 Å². The number of hydrogen-bond acceptors (Lipinski definition) is 2. The van der Waals surface area contributed by atoms with Crippen LogP contribution >= 0.6 is 0 Å². The molecule has 0 aromatic carbocycles. The first-order chi connectivity index (χ1) is 6.80. The summed E-state index contributed by atoms with van der Waals surface area (Å²) >= 11 is 0. The molecule has 0 N–H and O–H groups in total. The first-order valence-corrected chi connectivity index (χ1v) is 5.27. The largest absolute Gasteiger partial charge is 0.414 e. The highest BCUT2D eigenvalue weighted by Crippen LogP contribution is 2.28. The Bertz CT molecular complexity index is 205. The van der Waals surface area contributed by atoms with Crippen LogP contribution in [0.15, 0.2) is 0 Å². The van der Waals surface area contributed by atoms with Gasteiger partial charge in [-0.1, -0.05) is 0 Å². The standard InChI is InChI=1S/C10H18F3NO/c1-7(2)14-5-4-9(10(11,12)13)15-8(3)6-14/h7-9H,4-6H2,1-3H3. The molecule has 0 radical (unpaired) electrons. The minimum atomic E-state index is -4.23. The van der Waals surface area contributed by atoms with E-state index in [4.69, 9.17) is 4.74 Å². The second-order valence-corrected chi connectivity index (χ2v) is 4.35. The molecule has 1 rings (SSSR count). The monoisotopic (exact) mass is 225 g/mol. The molecule has 1 fully saturated rings. The molecule has 1 saturated heterocycles. The molecule has 2 unspecified atom stereocenters. The van der Waals surface area contributed by atoms with Gasteiger partial charge in [-0.3, -0.25) is 4.90 Å². The van der Waals surface area contributed by atoms with Gasteiger partial charge in [-0.05, 0) is 27.2 Å². The predicted molar refractivity (Wildman–Crippen MR) is 51.7 cm³/mol. The fraction of sp³-hybridized carbons (Fsp3) is 1.00. The van der Waals surface area contributed by atoms with Crippen LogP contribution in [-0.2, 0) is 4.74 Å². The van der Waals surface area contributed by atoms with Crippen molar-refractivity contribution in [3.05, 3.63) is 0 Å². The lowest BCUT2D eigenvalue weighted by atomic mass is 10.2. The van der Waals surface area contributed by atoms with E-state index in [2.05, 4.69) is 0 Å². The van der Waals surface area contributed by atoms with Crippen LogP contribution in [0.1, 0.15) is 27.2 Å². The van der Waals surface area contributed by atoms with Crippen LogP contribution < -0.4 is 0 Å².